The molecule has 0 heterocycles. The van der Waals surface area contributed by atoms with Gasteiger partial charge < -0.3 is 30.3 Å². The van der Waals surface area contributed by atoms with Crippen LogP contribution >= 0.6 is 0 Å². The van der Waals surface area contributed by atoms with Crippen LogP contribution in [-0.2, 0) is 6.42 Å². The van der Waals surface area contributed by atoms with E-state index < -0.39 is 40.8 Å². The van der Waals surface area contributed by atoms with Gasteiger partial charge in [-0.05, 0) is 20.3 Å². The highest BCUT2D eigenvalue weighted by molar-refractivity contribution is 6.02. The molecule has 0 spiro atoms. The van der Waals surface area contributed by atoms with Crippen LogP contribution in [0.2, 0.25) is 0 Å². The summed E-state index contributed by atoms with van der Waals surface area (Å²) in [5.41, 5.74) is -0.704. The second-order valence-corrected chi connectivity index (χ2v) is 6.74. The van der Waals surface area contributed by atoms with Gasteiger partial charge in [0.25, 0.3) is 0 Å². The van der Waals surface area contributed by atoms with Crippen LogP contribution in [0.15, 0.2) is 0 Å². The molecule has 2 aromatic carbocycles. The first kappa shape index (κ1) is 21.9. The lowest BCUT2D eigenvalue weighted by Gasteiger charge is -2.20. The molecular formula is C21H24O8. The van der Waals surface area contributed by atoms with Gasteiger partial charge in [0.05, 0.1) is 12.7 Å². The molecule has 0 aliphatic heterocycles. The molecule has 0 saturated heterocycles. The van der Waals surface area contributed by atoms with Gasteiger partial charge in [-0.15, -0.1) is 0 Å². The number of benzene rings is 2. The summed E-state index contributed by atoms with van der Waals surface area (Å²) in [6.07, 6.45) is 0.486. The average molecular weight is 404 g/mol. The lowest BCUT2D eigenvalue weighted by atomic mass is 9.91. The number of phenolic OH excluding ortho intramolecular Hbond substituents is 5. The van der Waals surface area contributed by atoms with E-state index in [1.165, 1.54) is 21.0 Å². The summed E-state index contributed by atoms with van der Waals surface area (Å²) in [6, 6.07) is 0. The van der Waals surface area contributed by atoms with Crippen molar-refractivity contribution in [3.63, 3.8) is 0 Å². The van der Waals surface area contributed by atoms with E-state index in [1.54, 1.807) is 6.92 Å². The Kier molecular flexibility index (Phi) is 6.26. The predicted molar refractivity (Wildman–Crippen MR) is 105 cm³/mol. The van der Waals surface area contributed by atoms with Crippen LogP contribution < -0.4 is 4.74 Å². The Labute approximate surface area is 167 Å². The quantitative estimate of drug-likeness (QED) is 0.349. The SMILES string of the molecule is CCCC(=O)c1c(O)c(Cc2c(O)c(C)c(O)c(C=O)c2O)c(O)c(C)c1OC. The second-order valence-electron chi connectivity index (χ2n) is 6.74. The fourth-order valence-corrected chi connectivity index (χ4v) is 3.31. The van der Waals surface area contributed by atoms with Crippen LogP contribution in [-0.4, -0.2) is 44.7 Å². The maximum absolute atomic E-state index is 12.5. The molecule has 156 valence electrons. The molecule has 0 aliphatic rings. The van der Waals surface area contributed by atoms with Crippen molar-refractivity contribution in [3.05, 3.63) is 33.4 Å². The van der Waals surface area contributed by atoms with Crippen LogP contribution in [0.1, 0.15) is 62.7 Å². The van der Waals surface area contributed by atoms with Gasteiger partial charge in [0.2, 0.25) is 0 Å². The number of carbonyl (C=O) groups excluding carboxylic acids is 2. The van der Waals surface area contributed by atoms with E-state index in [9.17, 15) is 35.1 Å². The van der Waals surface area contributed by atoms with Crippen molar-refractivity contribution in [1.29, 1.82) is 0 Å². The summed E-state index contributed by atoms with van der Waals surface area (Å²) in [7, 11) is 1.31. The Hall–Kier alpha value is -3.42. The summed E-state index contributed by atoms with van der Waals surface area (Å²) in [6.45, 7) is 4.64. The highest BCUT2D eigenvalue weighted by atomic mass is 16.5. The van der Waals surface area contributed by atoms with Gasteiger partial charge >= 0.3 is 0 Å². The molecule has 0 bridgehead atoms. The van der Waals surface area contributed by atoms with Crippen molar-refractivity contribution in [2.75, 3.05) is 7.11 Å². The van der Waals surface area contributed by atoms with E-state index in [0.717, 1.165) is 0 Å². The number of hydrogen-bond donors (Lipinski definition) is 5. The molecule has 0 radical (unpaired) electrons. The molecule has 0 unspecified atom stereocenters. The minimum absolute atomic E-state index is 0.0334. The Morgan fingerprint density at radius 3 is 1.97 bits per heavy atom. The summed E-state index contributed by atoms with van der Waals surface area (Å²) in [4.78, 5) is 23.8. The number of phenols is 5. The number of hydrogen-bond acceptors (Lipinski definition) is 8. The van der Waals surface area contributed by atoms with Gasteiger partial charge in [-0.3, -0.25) is 9.59 Å². The number of methoxy groups -OCH3 is 1. The highest BCUT2D eigenvalue weighted by Crippen LogP contribution is 2.47. The van der Waals surface area contributed by atoms with Gasteiger partial charge in [0.1, 0.15) is 40.1 Å². The van der Waals surface area contributed by atoms with E-state index >= 15 is 0 Å². The van der Waals surface area contributed by atoms with Gasteiger partial charge in [-0.1, -0.05) is 6.92 Å². The molecule has 8 nitrogen and oxygen atoms in total. The molecule has 0 fully saturated rings. The van der Waals surface area contributed by atoms with E-state index in [4.69, 9.17) is 4.74 Å². The Balaban J connectivity index is 2.80. The second kappa shape index (κ2) is 8.30. The number of aromatic hydroxyl groups is 5. The highest BCUT2D eigenvalue weighted by Gasteiger charge is 2.29. The number of ether oxygens (including phenoxy) is 1. The molecule has 0 aromatic heterocycles. The van der Waals surface area contributed by atoms with Gasteiger partial charge in [0.15, 0.2) is 12.1 Å². The van der Waals surface area contributed by atoms with Crippen molar-refractivity contribution in [2.45, 2.75) is 40.0 Å². The third kappa shape index (κ3) is 3.53. The number of ketones is 1. The molecule has 29 heavy (non-hydrogen) atoms. The Morgan fingerprint density at radius 2 is 1.45 bits per heavy atom. The molecule has 2 aromatic rings. The summed E-state index contributed by atoms with van der Waals surface area (Å²) in [5, 5.41) is 52.0. The van der Waals surface area contributed by atoms with Crippen LogP contribution in [0, 0.1) is 13.8 Å². The monoisotopic (exact) mass is 404 g/mol. The zero-order valence-electron chi connectivity index (χ0n) is 16.7. The third-order valence-electron chi connectivity index (χ3n) is 4.96. The fraction of sp³-hybridized carbons (Fsp3) is 0.333. The van der Waals surface area contributed by atoms with Crippen molar-refractivity contribution in [1.82, 2.24) is 0 Å². The summed E-state index contributed by atoms with van der Waals surface area (Å²) >= 11 is 0. The maximum Gasteiger partial charge on any atom is 0.170 e. The van der Waals surface area contributed by atoms with Gasteiger partial charge in [0, 0.05) is 35.1 Å². The van der Waals surface area contributed by atoms with Crippen molar-refractivity contribution in [2.24, 2.45) is 0 Å². The lowest BCUT2D eigenvalue weighted by molar-refractivity contribution is 0.0975. The smallest absolute Gasteiger partial charge is 0.170 e. The largest absolute Gasteiger partial charge is 0.507 e. The minimum atomic E-state index is -0.686. The first-order valence-corrected chi connectivity index (χ1v) is 8.98. The van der Waals surface area contributed by atoms with Crippen LogP contribution in [0.3, 0.4) is 0 Å². The minimum Gasteiger partial charge on any atom is -0.507 e. The van der Waals surface area contributed by atoms with E-state index in [1.807, 2.05) is 0 Å². The average Bonchev–Trinajstić information content (AvgIpc) is 2.68. The van der Waals surface area contributed by atoms with Crippen molar-refractivity contribution >= 4 is 12.1 Å². The standard InChI is InChI=1S/C21H24O8/c1-5-6-14(23)15-20(28)12(18(26)10(3)21(15)29-4)7-11-16(24)9(2)17(25)13(8-22)19(11)27/h8,24-28H,5-7H2,1-4H3. The van der Waals surface area contributed by atoms with Crippen molar-refractivity contribution in [3.8, 4) is 34.5 Å². The van der Waals surface area contributed by atoms with E-state index in [-0.39, 0.29) is 52.0 Å². The van der Waals surface area contributed by atoms with Crippen LogP contribution in [0.5, 0.6) is 34.5 Å². The first-order chi connectivity index (χ1) is 13.6. The summed E-state index contributed by atoms with van der Waals surface area (Å²) < 4.78 is 5.21. The predicted octanol–water partition coefficient (Wildman–Crippen LogP) is 3.23. The van der Waals surface area contributed by atoms with Gasteiger partial charge in [-0.2, -0.15) is 0 Å². The first-order valence-electron chi connectivity index (χ1n) is 8.98. The van der Waals surface area contributed by atoms with E-state index in [0.29, 0.717) is 6.42 Å². The number of aldehydes is 1. The molecule has 0 saturated carbocycles. The Morgan fingerprint density at radius 1 is 0.897 bits per heavy atom. The molecule has 0 amide bonds. The number of rotatable bonds is 7. The van der Waals surface area contributed by atoms with E-state index in [2.05, 4.69) is 0 Å². The molecule has 2 rings (SSSR count). The van der Waals surface area contributed by atoms with Crippen LogP contribution in [0.4, 0.5) is 0 Å². The normalized spacial score (nSPS) is 10.8. The zero-order valence-corrected chi connectivity index (χ0v) is 16.7. The topological polar surface area (TPSA) is 145 Å². The molecule has 0 aliphatic carbocycles. The number of carbonyl (C=O) groups is 2. The maximum atomic E-state index is 12.5. The zero-order chi connectivity index (χ0) is 22.0. The molecule has 5 N–H and O–H groups in total. The van der Waals surface area contributed by atoms with Crippen molar-refractivity contribution < 1.29 is 39.9 Å². The molecule has 8 heteroatoms. The summed E-state index contributed by atoms with van der Waals surface area (Å²) in [5.74, 6) is -3.04. The lowest BCUT2D eigenvalue weighted by Crippen LogP contribution is -2.07. The number of Topliss-reactive ketones (excluding diaryl/α,β-unsaturated/α-hetero) is 1. The third-order valence-corrected chi connectivity index (χ3v) is 4.96. The fourth-order valence-electron chi connectivity index (χ4n) is 3.31. The molecule has 0 atom stereocenters. The molecular weight excluding hydrogens is 380 g/mol. The van der Waals surface area contributed by atoms with Crippen LogP contribution in [0.25, 0.3) is 0 Å². The van der Waals surface area contributed by atoms with Gasteiger partial charge in [-0.25, -0.2) is 0 Å². The Bertz CT molecular complexity index is 992.